The number of hydrogen-bond acceptors (Lipinski definition) is 5. The fraction of sp³-hybridized carbons (Fsp3) is 0.259. The van der Waals surface area contributed by atoms with Gasteiger partial charge in [-0.1, -0.05) is 29.8 Å². The molecule has 0 saturated carbocycles. The highest BCUT2D eigenvalue weighted by Gasteiger charge is 2.36. The average Bonchev–Trinajstić information content (AvgIpc) is 3.44. The zero-order valence-electron chi connectivity index (χ0n) is 19.6. The number of carbonyl (C=O) groups excluding carboxylic acids is 1. The highest BCUT2D eigenvalue weighted by atomic mass is 35.5. The van der Waals surface area contributed by atoms with Crippen molar-refractivity contribution in [1.29, 1.82) is 0 Å². The standard InChI is InChI=1S/C27H26ClN3O4/c1-33-20-6-5-7-21(16-20)35-13-12-30-23-9-4-3-8-22(23)29-27(30)18-14-26(32)31(17-18)24-15-19(28)10-11-25(24)34-2/h3-11,15-16,18H,12-14,17H2,1-2H3/t18-/m0/s1. The minimum absolute atomic E-state index is 0.0156. The predicted octanol–water partition coefficient (Wildman–Crippen LogP) is 5.31. The molecule has 1 aliphatic heterocycles. The van der Waals surface area contributed by atoms with E-state index in [4.69, 9.17) is 30.8 Å². The molecular formula is C27H26ClN3O4. The number of aromatic nitrogens is 2. The van der Waals surface area contributed by atoms with E-state index >= 15 is 0 Å². The number of halogens is 1. The zero-order valence-corrected chi connectivity index (χ0v) is 20.4. The number of ether oxygens (including phenoxy) is 3. The van der Waals surface area contributed by atoms with Gasteiger partial charge in [-0.05, 0) is 42.5 Å². The fourth-order valence-corrected chi connectivity index (χ4v) is 4.74. The lowest BCUT2D eigenvalue weighted by atomic mass is 10.1. The van der Waals surface area contributed by atoms with Crippen molar-refractivity contribution in [2.24, 2.45) is 0 Å². The Hall–Kier alpha value is -3.71. The van der Waals surface area contributed by atoms with Crippen LogP contribution in [0.3, 0.4) is 0 Å². The lowest BCUT2D eigenvalue weighted by Crippen LogP contribution is -2.25. The maximum atomic E-state index is 13.1. The van der Waals surface area contributed by atoms with E-state index in [1.165, 1.54) is 0 Å². The molecule has 2 heterocycles. The second-order valence-corrected chi connectivity index (χ2v) is 8.80. The van der Waals surface area contributed by atoms with Crippen molar-refractivity contribution in [3.8, 4) is 17.2 Å². The molecule has 0 bridgehead atoms. The van der Waals surface area contributed by atoms with Crippen molar-refractivity contribution >= 4 is 34.2 Å². The van der Waals surface area contributed by atoms with E-state index in [0.717, 1.165) is 28.4 Å². The Morgan fingerprint density at radius 2 is 1.83 bits per heavy atom. The molecule has 1 aliphatic rings. The topological polar surface area (TPSA) is 65.8 Å². The summed E-state index contributed by atoms with van der Waals surface area (Å²) >= 11 is 6.23. The Bertz CT molecular complexity index is 1370. The molecule has 1 amide bonds. The number of methoxy groups -OCH3 is 2. The van der Waals surface area contributed by atoms with Gasteiger partial charge in [0, 0.05) is 30.0 Å². The van der Waals surface area contributed by atoms with E-state index in [1.807, 2.05) is 48.5 Å². The summed E-state index contributed by atoms with van der Waals surface area (Å²) in [6.07, 6.45) is 0.357. The van der Waals surface area contributed by atoms with Crippen LogP contribution >= 0.6 is 11.6 Å². The first-order chi connectivity index (χ1) is 17.1. The molecule has 1 aromatic heterocycles. The number of fused-ring (bicyclic) bond motifs is 1. The summed E-state index contributed by atoms with van der Waals surface area (Å²) < 4.78 is 18.9. The molecule has 1 atom stereocenters. The van der Waals surface area contributed by atoms with Crippen LogP contribution in [0, 0.1) is 0 Å². The van der Waals surface area contributed by atoms with Crippen LogP contribution < -0.4 is 19.1 Å². The molecule has 3 aromatic carbocycles. The Morgan fingerprint density at radius 1 is 1.00 bits per heavy atom. The number of para-hydroxylation sites is 2. The molecule has 4 aromatic rings. The number of nitrogens with zero attached hydrogens (tertiary/aromatic N) is 3. The lowest BCUT2D eigenvalue weighted by Gasteiger charge is -2.20. The average molecular weight is 492 g/mol. The summed E-state index contributed by atoms with van der Waals surface area (Å²) in [4.78, 5) is 19.7. The maximum absolute atomic E-state index is 13.1. The third kappa shape index (κ3) is 4.64. The van der Waals surface area contributed by atoms with Crippen molar-refractivity contribution in [3.05, 3.63) is 77.6 Å². The highest BCUT2D eigenvalue weighted by Crippen LogP contribution is 2.38. The van der Waals surface area contributed by atoms with E-state index < -0.39 is 0 Å². The predicted molar refractivity (Wildman–Crippen MR) is 136 cm³/mol. The molecule has 0 aliphatic carbocycles. The van der Waals surface area contributed by atoms with Gasteiger partial charge >= 0.3 is 0 Å². The van der Waals surface area contributed by atoms with Crippen LogP contribution in [-0.2, 0) is 11.3 Å². The largest absolute Gasteiger partial charge is 0.497 e. The molecule has 0 unspecified atom stereocenters. The van der Waals surface area contributed by atoms with Crippen molar-refractivity contribution in [2.75, 3.05) is 32.3 Å². The number of anilines is 1. The van der Waals surface area contributed by atoms with Crippen LogP contribution in [0.5, 0.6) is 17.2 Å². The van der Waals surface area contributed by atoms with Crippen molar-refractivity contribution < 1.29 is 19.0 Å². The van der Waals surface area contributed by atoms with Gasteiger partial charge in [-0.25, -0.2) is 4.98 Å². The monoisotopic (exact) mass is 491 g/mol. The zero-order chi connectivity index (χ0) is 24.4. The van der Waals surface area contributed by atoms with E-state index in [0.29, 0.717) is 42.6 Å². The third-order valence-electron chi connectivity index (χ3n) is 6.23. The summed E-state index contributed by atoms with van der Waals surface area (Å²) in [7, 11) is 3.22. The van der Waals surface area contributed by atoms with Crippen LogP contribution in [0.25, 0.3) is 11.0 Å². The van der Waals surface area contributed by atoms with Crippen molar-refractivity contribution in [2.45, 2.75) is 18.9 Å². The van der Waals surface area contributed by atoms with E-state index in [1.54, 1.807) is 37.3 Å². The van der Waals surface area contributed by atoms with Crippen LogP contribution in [0.1, 0.15) is 18.2 Å². The first-order valence-corrected chi connectivity index (χ1v) is 11.8. The lowest BCUT2D eigenvalue weighted by molar-refractivity contribution is -0.117. The number of imidazole rings is 1. The van der Waals surface area contributed by atoms with Gasteiger partial charge < -0.3 is 23.7 Å². The van der Waals surface area contributed by atoms with E-state index in [-0.39, 0.29) is 11.8 Å². The molecule has 35 heavy (non-hydrogen) atoms. The Morgan fingerprint density at radius 3 is 2.66 bits per heavy atom. The molecular weight excluding hydrogens is 466 g/mol. The summed E-state index contributed by atoms with van der Waals surface area (Å²) in [5.74, 6) is 2.92. The number of rotatable bonds is 8. The smallest absolute Gasteiger partial charge is 0.227 e. The molecule has 5 rings (SSSR count). The van der Waals surface area contributed by atoms with Crippen LogP contribution in [0.2, 0.25) is 5.02 Å². The van der Waals surface area contributed by atoms with Crippen molar-refractivity contribution in [1.82, 2.24) is 9.55 Å². The van der Waals surface area contributed by atoms with E-state index in [2.05, 4.69) is 4.57 Å². The van der Waals surface area contributed by atoms with Crippen LogP contribution in [0.4, 0.5) is 5.69 Å². The molecule has 180 valence electrons. The van der Waals surface area contributed by atoms with Crippen LogP contribution in [-0.4, -0.2) is 42.8 Å². The molecule has 1 fully saturated rings. The maximum Gasteiger partial charge on any atom is 0.227 e. The quantitative estimate of drug-likeness (QED) is 0.334. The van der Waals surface area contributed by atoms with Gasteiger partial charge in [0.15, 0.2) is 0 Å². The second kappa shape index (κ2) is 9.88. The SMILES string of the molecule is COc1cccc(OCCn2c([C@H]3CC(=O)N(c4cc(Cl)ccc4OC)C3)nc3ccccc32)c1. The molecule has 8 heteroatoms. The molecule has 7 nitrogen and oxygen atoms in total. The molecule has 1 saturated heterocycles. The van der Waals surface area contributed by atoms with Gasteiger partial charge in [0.1, 0.15) is 29.7 Å². The van der Waals surface area contributed by atoms with Gasteiger partial charge in [-0.2, -0.15) is 0 Å². The minimum Gasteiger partial charge on any atom is -0.497 e. The number of benzene rings is 3. The Labute approximate surface area is 208 Å². The van der Waals surface area contributed by atoms with Gasteiger partial charge in [0.05, 0.1) is 37.5 Å². The van der Waals surface area contributed by atoms with Gasteiger partial charge in [-0.3, -0.25) is 4.79 Å². The second-order valence-electron chi connectivity index (χ2n) is 8.36. The molecule has 0 N–H and O–H groups in total. The van der Waals surface area contributed by atoms with Crippen molar-refractivity contribution in [3.63, 3.8) is 0 Å². The van der Waals surface area contributed by atoms with E-state index in [9.17, 15) is 4.79 Å². The highest BCUT2D eigenvalue weighted by molar-refractivity contribution is 6.31. The summed E-state index contributed by atoms with van der Waals surface area (Å²) in [5, 5.41) is 0.555. The van der Waals surface area contributed by atoms with Gasteiger partial charge in [0.2, 0.25) is 5.91 Å². The summed E-state index contributed by atoms with van der Waals surface area (Å²) in [6, 6.07) is 20.9. The normalized spacial score (nSPS) is 15.6. The summed E-state index contributed by atoms with van der Waals surface area (Å²) in [5.41, 5.74) is 2.59. The number of hydrogen-bond donors (Lipinski definition) is 0. The van der Waals surface area contributed by atoms with Gasteiger partial charge in [0.25, 0.3) is 0 Å². The third-order valence-corrected chi connectivity index (χ3v) is 6.47. The fourth-order valence-electron chi connectivity index (χ4n) is 4.57. The Kier molecular flexibility index (Phi) is 6.51. The Balaban J connectivity index is 1.41. The number of carbonyl (C=O) groups is 1. The molecule has 0 spiro atoms. The molecule has 0 radical (unpaired) electrons. The van der Waals surface area contributed by atoms with Crippen LogP contribution in [0.15, 0.2) is 66.7 Å². The van der Waals surface area contributed by atoms with Gasteiger partial charge in [-0.15, -0.1) is 0 Å². The summed E-state index contributed by atoms with van der Waals surface area (Å²) in [6.45, 7) is 1.54. The first kappa shape index (κ1) is 23.1. The number of amides is 1. The first-order valence-electron chi connectivity index (χ1n) is 11.4. The minimum atomic E-state index is -0.0737.